The smallest absolute Gasteiger partial charge is 0.251 e. The van der Waals surface area contributed by atoms with E-state index in [-0.39, 0.29) is 5.91 Å². The highest BCUT2D eigenvalue weighted by atomic mass is 16.1. The molecule has 0 spiro atoms. The van der Waals surface area contributed by atoms with Crippen molar-refractivity contribution in [3.63, 3.8) is 0 Å². The van der Waals surface area contributed by atoms with Gasteiger partial charge in [0, 0.05) is 11.6 Å². The molecule has 0 aliphatic heterocycles. The lowest BCUT2D eigenvalue weighted by Crippen LogP contribution is -3.06. The second-order valence-corrected chi connectivity index (χ2v) is 6.51. The molecule has 118 valence electrons. The van der Waals surface area contributed by atoms with Crippen molar-refractivity contribution in [2.75, 3.05) is 27.2 Å². The van der Waals surface area contributed by atoms with Crippen LogP contribution in [0.3, 0.4) is 0 Å². The maximum atomic E-state index is 12.2. The van der Waals surface area contributed by atoms with Gasteiger partial charge >= 0.3 is 0 Å². The Balaban J connectivity index is 1.74. The Kier molecular flexibility index (Phi) is 4.43. The van der Waals surface area contributed by atoms with E-state index in [0.29, 0.717) is 18.2 Å². The molecule has 0 atom stereocenters. The van der Waals surface area contributed by atoms with Gasteiger partial charge in [-0.3, -0.25) is 4.79 Å². The van der Waals surface area contributed by atoms with Gasteiger partial charge in [-0.05, 0) is 31.0 Å². The van der Waals surface area contributed by atoms with Gasteiger partial charge < -0.3 is 14.8 Å². The number of nitrogens with one attached hydrogen (secondary N) is 2. The maximum Gasteiger partial charge on any atom is 0.251 e. The summed E-state index contributed by atoms with van der Waals surface area (Å²) in [5, 5.41) is 2.96. The molecule has 5 nitrogen and oxygen atoms in total. The number of fused-ring (bicyclic) bond motifs is 1. The third-order valence-corrected chi connectivity index (χ3v) is 4.47. The lowest BCUT2D eigenvalue weighted by Gasteiger charge is -2.12. The van der Waals surface area contributed by atoms with Crippen LogP contribution in [0, 0.1) is 0 Å². The molecule has 1 saturated carbocycles. The lowest BCUT2D eigenvalue weighted by molar-refractivity contribution is -0.856. The molecule has 1 fully saturated rings. The molecular formula is C17H25N4O+. The number of quaternary nitrogens is 1. The first-order chi connectivity index (χ1) is 10.6. The van der Waals surface area contributed by atoms with Crippen molar-refractivity contribution in [1.29, 1.82) is 0 Å². The lowest BCUT2D eigenvalue weighted by atomic mass is 10.1. The Morgan fingerprint density at radius 1 is 1.36 bits per heavy atom. The fourth-order valence-electron chi connectivity index (χ4n) is 3.17. The number of hydrogen-bond acceptors (Lipinski definition) is 2. The van der Waals surface area contributed by atoms with Gasteiger partial charge in [0.1, 0.15) is 0 Å². The quantitative estimate of drug-likeness (QED) is 0.866. The van der Waals surface area contributed by atoms with Crippen molar-refractivity contribution < 1.29 is 9.69 Å². The van der Waals surface area contributed by atoms with Gasteiger partial charge in [-0.25, -0.2) is 4.98 Å². The number of carbonyl (C=O) groups excluding carboxylic acids is 1. The van der Waals surface area contributed by atoms with Crippen LogP contribution >= 0.6 is 0 Å². The Hall–Kier alpha value is -1.88. The molecule has 22 heavy (non-hydrogen) atoms. The fraction of sp³-hybridized carbons (Fsp3) is 0.529. The molecule has 1 aromatic carbocycles. The van der Waals surface area contributed by atoms with E-state index < -0.39 is 0 Å². The van der Waals surface area contributed by atoms with Crippen molar-refractivity contribution in [3.8, 4) is 0 Å². The van der Waals surface area contributed by atoms with Gasteiger partial charge in [-0.2, -0.15) is 0 Å². The molecular weight excluding hydrogens is 276 g/mol. The van der Waals surface area contributed by atoms with Crippen LogP contribution in [0.1, 0.15) is 42.1 Å². The van der Waals surface area contributed by atoms with Gasteiger partial charge in [-0.15, -0.1) is 0 Å². The molecule has 3 rings (SSSR count). The highest BCUT2D eigenvalue weighted by Gasteiger charge is 2.19. The Morgan fingerprint density at radius 2 is 2.14 bits per heavy atom. The van der Waals surface area contributed by atoms with Crippen molar-refractivity contribution in [1.82, 2.24) is 14.9 Å². The van der Waals surface area contributed by atoms with E-state index in [1.807, 2.05) is 24.5 Å². The van der Waals surface area contributed by atoms with Crippen LogP contribution in [0.15, 0.2) is 24.5 Å². The molecule has 1 amide bonds. The summed E-state index contributed by atoms with van der Waals surface area (Å²) >= 11 is 0. The summed E-state index contributed by atoms with van der Waals surface area (Å²) < 4.78 is 2.28. The number of carbonyl (C=O) groups is 1. The van der Waals surface area contributed by atoms with E-state index in [9.17, 15) is 4.79 Å². The number of amides is 1. The zero-order valence-corrected chi connectivity index (χ0v) is 13.4. The summed E-state index contributed by atoms with van der Waals surface area (Å²) in [5.41, 5.74) is 2.75. The second-order valence-electron chi connectivity index (χ2n) is 6.51. The van der Waals surface area contributed by atoms with Gasteiger partial charge in [0.2, 0.25) is 0 Å². The van der Waals surface area contributed by atoms with Gasteiger partial charge in [0.15, 0.2) is 0 Å². The number of nitrogens with zero attached hydrogens (tertiary/aromatic N) is 2. The molecule has 5 heteroatoms. The highest BCUT2D eigenvalue weighted by Crippen LogP contribution is 2.32. The minimum absolute atomic E-state index is 0.0152. The van der Waals surface area contributed by atoms with Crippen molar-refractivity contribution in [2.24, 2.45) is 0 Å². The predicted octanol–water partition coefficient (Wildman–Crippen LogP) is 1.03. The number of benzene rings is 1. The van der Waals surface area contributed by atoms with Crippen molar-refractivity contribution >= 4 is 16.9 Å². The van der Waals surface area contributed by atoms with Gasteiger partial charge in [0.25, 0.3) is 5.91 Å². The SMILES string of the molecule is C[NH+](C)CCNC(=O)c1ccc2c(c1)ncn2C1CCCC1. The maximum absolute atomic E-state index is 12.2. The van der Waals surface area contributed by atoms with E-state index >= 15 is 0 Å². The predicted molar refractivity (Wildman–Crippen MR) is 87.2 cm³/mol. The van der Waals surface area contributed by atoms with Crippen LogP contribution in [0.25, 0.3) is 11.0 Å². The van der Waals surface area contributed by atoms with Crippen LogP contribution in [0.5, 0.6) is 0 Å². The summed E-state index contributed by atoms with van der Waals surface area (Å²) in [6, 6.07) is 6.42. The third kappa shape index (κ3) is 3.14. The van der Waals surface area contributed by atoms with Crippen LogP contribution in [0.4, 0.5) is 0 Å². The van der Waals surface area contributed by atoms with Crippen LogP contribution in [-0.4, -0.2) is 42.6 Å². The molecule has 2 aromatic rings. The molecule has 0 radical (unpaired) electrons. The fourth-order valence-corrected chi connectivity index (χ4v) is 3.17. The second kappa shape index (κ2) is 6.48. The summed E-state index contributed by atoms with van der Waals surface area (Å²) in [7, 11) is 4.15. The third-order valence-electron chi connectivity index (χ3n) is 4.47. The van der Waals surface area contributed by atoms with Crippen LogP contribution in [-0.2, 0) is 0 Å². The highest BCUT2D eigenvalue weighted by molar-refractivity contribution is 5.97. The summed E-state index contributed by atoms with van der Waals surface area (Å²) in [6.07, 6.45) is 7.01. The van der Waals surface area contributed by atoms with Crippen LogP contribution < -0.4 is 10.2 Å². The van der Waals surface area contributed by atoms with E-state index in [2.05, 4.69) is 29.0 Å². The standard InChI is InChI=1S/C17H24N4O/c1-20(2)10-9-18-17(22)13-7-8-16-15(11-13)19-12-21(16)14-5-3-4-6-14/h7-8,11-12,14H,3-6,9-10H2,1-2H3,(H,18,22)/p+1. The number of imidazole rings is 1. The largest absolute Gasteiger partial charge is 0.346 e. The zero-order valence-electron chi connectivity index (χ0n) is 13.4. The van der Waals surface area contributed by atoms with Crippen molar-refractivity contribution in [2.45, 2.75) is 31.7 Å². The monoisotopic (exact) mass is 301 g/mol. The number of likely N-dealkylation sites (N-methyl/N-ethyl adjacent to an activating group) is 1. The average Bonchev–Trinajstić information content (AvgIpc) is 3.14. The number of hydrogen-bond donors (Lipinski definition) is 2. The molecule has 1 aromatic heterocycles. The summed E-state index contributed by atoms with van der Waals surface area (Å²) in [6.45, 7) is 1.61. The minimum atomic E-state index is -0.0152. The Morgan fingerprint density at radius 3 is 2.86 bits per heavy atom. The van der Waals surface area contributed by atoms with E-state index in [1.54, 1.807) is 0 Å². The first kappa shape index (κ1) is 15.0. The Labute approximate surface area is 131 Å². The van der Waals surface area contributed by atoms with E-state index in [1.165, 1.54) is 30.6 Å². The van der Waals surface area contributed by atoms with E-state index in [0.717, 1.165) is 17.6 Å². The van der Waals surface area contributed by atoms with Crippen molar-refractivity contribution in [3.05, 3.63) is 30.1 Å². The summed E-state index contributed by atoms with van der Waals surface area (Å²) in [4.78, 5) is 18.0. The molecule has 1 aliphatic rings. The molecule has 2 N–H and O–H groups in total. The number of rotatable bonds is 5. The molecule has 1 aliphatic carbocycles. The average molecular weight is 301 g/mol. The molecule has 0 bridgehead atoms. The first-order valence-corrected chi connectivity index (χ1v) is 8.19. The van der Waals surface area contributed by atoms with Gasteiger partial charge in [-0.1, -0.05) is 12.8 Å². The summed E-state index contributed by atoms with van der Waals surface area (Å²) in [5.74, 6) is -0.0152. The minimum Gasteiger partial charge on any atom is -0.346 e. The van der Waals surface area contributed by atoms with Gasteiger partial charge in [0.05, 0.1) is 44.5 Å². The number of aromatic nitrogens is 2. The molecule has 0 saturated heterocycles. The Bertz CT molecular complexity index is 656. The first-order valence-electron chi connectivity index (χ1n) is 8.19. The van der Waals surface area contributed by atoms with Crippen LogP contribution in [0.2, 0.25) is 0 Å². The normalized spacial score (nSPS) is 15.8. The molecule has 0 unspecified atom stereocenters. The molecule has 1 heterocycles. The van der Waals surface area contributed by atoms with E-state index in [4.69, 9.17) is 0 Å². The zero-order chi connectivity index (χ0) is 15.5. The topological polar surface area (TPSA) is 51.4 Å².